The maximum Gasteiger partial charge on any atom is 0.243 e. The summed E-state index contributed by atoms with van der Waals surface area (Å²) in [4.78, 5) is 10.5. The van der Waals surface area contributed by atoms with Crippen LogP contribution in [0.2, 0.25) is 0 Å². The largest absolute Gasteiger partial charge is 0.366 e. The van der Waals surface area contributed by atoms with Gasteiger partial charge in [0.15, 0.2) is 0 Å². The lowest BCUT2D eigenvalue weighted by Gasteiger charge is -2.40. The van der Waals surface area contributed by atoms with Gasteiger partial charge in [-0.1, -0.05) is 42.5 Å². The average molecular weight is 447 g/mol. The van der Waals surface area contributed by atoms with Crippen LogP contribution in [0.3, 0.4) is 0 Å². The van der Waals surface area contributed by atoms with Crippen molar-refractivity contribution in [3.63, 3.8) is 0 Å². The summed E-state index contributed by atoms with van der Waals surface area (Å²) in [5, 5.41) is 0. The molecule has 0 unspecified atom stereocenters. The second kappa shape index (κ2) is 8.07. The molecule has 1 aliphatic heterocycles. The molecule has 5 rings (SSSR count). The average Bonchev–Trinajstić information content (AvgIpc) is 3.23. The zero-order valence-corrected chi connectivity index (χ0v) is 19.0. The van der Waals surface area contributed by atoms with Crippen molar-refractivity contribution in [3.8, 4) is 11.4 Å². The highest BCUT2D eigenvalue weighted by Crippen LogP contribution is 2.27. The maximum atomic E-state index is 13.4. The summed E-state index contributed by atoms with van der Waals surface area (Å²) in [7, 11) is -3.60. The predicted octanol–water partition coefficient (Wildman–Crippen LogP) is 4.44. The number of hydrogen-bond acceptors (Lipinski definition) is 4. The number of aryl methyl sites for hydroxylation is 1. The van der Waals surface area contributed by atoms with Crippen molar-refractivity contribution in [1.82, 2.24) is 14.3 Å². The minimum Gasteiger partial charge on any atom is -0.366 e. The number of fused-ring (bicyclic) bond motifs is 1. The molecule has 1 atom stereocenters. The van der Waals surface area contributed by atoms with Gasteiger partial charge in [-0.25, -0.2) is 13.4 Å². The second-order valence-corrected chi connectivity index (χ2v) is 10.3. The molecule has 0 bridgehead atoms. The van der Waals surface area contributed by atoms with Crippen LogP contribution < -0.4 is 4.90 Å². The molecule has 0 saturated carbocycles. The van der Waals surface area contributed by atoms with Gasteiger partial charge in [-0.15, -0.1) is 0 Å². The van der Waals surface area contributed by atoms with E-state index in [1.165, 1.54) is 5.56 Å². The highest BCUT2D eigenvalue weighted by atomic mass is 32.2. The summed E-state index contributed by atoms with van der Waals surface area (Å²) in [6.45, 7) is 5.72. The fourth-order valence-corrected chi connectivity index (χ4v) is 5.90. The lowest BCUT2D eigenvalue weighted by Crippen LogP contribution is -2.53. The number of aromatic nitrogens is 2. The SMILES string of the molecule is Cc1cccc(N2CCN(S(=O)(=O)c3ccc4nc(-c5ccccc5)[nH]c4c3)C[C@H]2C)c1. The molecule has 2 heterocycles. The van der Waals surface area contributed by atoms with Crippen LogP contribution in [0, 0.1) is 6.92 Å². The molecule has 0 spiro atoms. The van der Waals surface area contributed by atoms with E-state index in [1.807, 2.05) is 36.4 Å². The van der Waals surface area contributed by atoms with Crippen LogP contribution in [-0.2, 0) is 10.0 Å². The third-order valence-electron chi connectivity index (χ3n) is 6.06. The third kappa shape index (κ3) is 3.78. The van der Waals surface area contributed by atoms with Crippen LogP contribution in [0.5, 0.6) is 0 Å². The number of sulfonamides is 1. The minimum atomic E-state index is -3.60. The monoisotopic (exact) mass is 446 g/mol. The summed E-state index contributed by atoms with van der Waals surface area (Å²) < 4.78 is 28.4. The second-order valence-electron chi connectivity index (χ2n) is 8.37. The molecule has 32 heavy (non-hydrogen) atoms. The molecule has 1 fully saturated rings. The first-order chi connectivity index (χ1) is 15.4. The molecular formula is C25H26N4O2S. The Kier molecular flexibility index (Phi) is 5.23. The predicted molar refractivity (Wildman–Crippen MR) is 128 cm³/mol. The highest BCUT2D eigenvalue weighted by molar-refractivity contribution is 7.89. The van der Waals surface area contributed by atoms with Crippen LogP contribution in [0.4, 0.5) is 5.69 Å². The van der Waals surface area contributed by atoms with Crippen LogP contribution in [0.1, 0.15) is 12.5 Å². The fourth-order valence-electron chi connectivity index (χ4n) is 4.36. The Bertz CT molecular complexity index is 1370. The molecule has 0 radical (unpaired) electrons. The summed E-state index contributed by atoms with van der Waals surface area (Å²) in [5.74, 6) is 0.732. The maximum absolute atomic E-state index is 13.4. The number of anilines is 1. The normalized spacial score (nSPS) is 17.7. The van der Waals surface area contributed by atoms with E-state index in [0.29, 0.717) is 24.5 Å². The molecule has 3 aromatic carbocycles. The first-order valence-electron chi connectivity index (χ1n) is 10.8. The van der Waals surface area contributed by atoms with E-state index in [2.05, 4.69) is 46.9 Å². The van der Waals surface area contributed by atoms with E-state index < -0.39 is 10.0 Å². The van der Waals surface area contributed by atoms with Crippen molar-refractivity contribution in [3.05, 3.63) is 78.4 Å². The van der Waals surface area contributed by atoms with Crippen molar-refractivity contribution in [2.45, 2.75) is 24.8 Å². The number of nitrogens with one attached hydrogen (secondary N) is 1. The minimum absolute atomic E-state index is 0.0842. The van der Waals surface area contributed by atoms with Crippen molar-refractivity contribution in [1.29, 1.82) is 0 Å². The number of hydrogen-bond donors (Lipinski definition) is 1. The highest BCUT2D eigenvalue weighted by Gasteiger charge is 2.32. The zero-order chi connectivity index (χ0) is 22.3. The van der Waals surface area contributed by atoms with Crippen LogP contribution in [0.15, 0.2) is 77.7 Å². The van der Waals surface area contributed by atoms with Crippen molar-refractivity contribution in [2.24, 2.45) is 0 Å². The van der Waals surface area contributed by atoms with Gasteiger partial charge in [0.2, 0.25) is 10.0 Å². The topological polar surface area (TPSA) is 69.3 Å². The standard InChI is InChI=1S/C25H26N4O2S/c1-18-7-6-10-21(15-18)29-14-13-28(17-19(29)2)32(30,31)22-11-12-23-24(16-22)27-25(26-23)20-8-4-3-5-9-20/h3-12,15-16,19H,13-14,17H2,1-2H3,(H,26,27)/t19-/m1/s1. The van der Waals surface area contributed by atoms with Crippen LogP contribution >= 0.6 is 0 Å². The number of nitrogens with zero attached hydrogens (tertiary/aromatic N) is 3. The molecular weight excluding hydrogens is 420 g/mol. The van der Waals surface area contributed by atoms with E-state index >= 15 is 0 Å². The van der Waals surface area contributed by atoms with Crippen molar-refractivity contribution < 1.29 is 8.42 Å². The Balaban J connectivity index is 1.39. The Morgan fingerprint density at radius 1 is 0.969 bits per heavy atom. The van der Waals surface area contributed by atoms with Gasteiger partial charge in [0.25, 0.3) is 0 Å². The van der Waals surface area contributed by atoms with Gasteiger partial charge in [0, 0.05) is 36.9 Å². The Morgan fingerprint density at radius 2 is 1.78 bits per heavy atom. The Hall–Kier alpha value is -3.16. The molecule has 1 N–H and O–H groups in total. The van der Waals surface area contributed by atoms with Gasteiger partial charge < -0.3 is 9.88 Å². The van der Waals surface area contributed by atoms with E-state index in [-0.39, 0.29) is 6.04 Å². The van der Waals surface area contributed by atoms with Crippen LogP contribution in [0.25, 0.3) is 22.4 Å². The molecule has 1 aromatic heterocycles. The van der Waals surface area contributed by atoms with Gasteiger partial charge in [0.1, 0.15) is 5.82 Å². The van der Waals surface area contributed by atoms with E-state index in [4.69, 9.17) is 0 Å². The zero-order valence-electron chi connectivity index (χ0n) is 18.2. The summed E-state index contributed by atoms with van der Waals surface area (Å²) in [5.41, 5.74) is 4.78. The van der Waals surface area contributed by atoms with Crippen molar-refractivity contribution >= 4 is 26.7 Å². The van der Waals surface area contributed by atoms with E-state index in [9.17, 15) is 8.42 Å². The Labute approximate surface area is 188 Å². The first kappa shape index (κ1) is 20.7. The number of H-pyrrole nitrogens is 1. The van der Waals surface area contributed by atoms with Crippen molar-refractivity contribution in [2.75, 3.05) is 24.5 Å². The quantitative estimate of drug-likeness (QED) is 0.503. The smallest absolute Gasteiger partial charge is 0.243 e. The first-order valence-corrected chi connectivity index (χ1v) is 12.2. The van der Waals surface area contributed by atoms with Gasteiger partial charge in [-0.2, -0.15) is 4.31 Å². The number of benzene rings is 3. The Morgan fingerprint density at radius 3 is 2.53 bits per heavy atom. The summed E-state index contributed by atoms with van der Waals surface area (Å²) in [6, 6.07) is 23.4. The lowest BCUT2D eigenvalue weighted by molar-refractivity contribution is 0.342. The summed E-state index contributed by atoms with van der Waals surface area (Å²) >= 11 is 0. The number of imidazole rings is 1. The molecule has 0 amide bonds. The summed E-state index contributed by atoms with van der Waals surface area (Å²) in [6.07, 6.45) is 0. The third-order valence-corrected chi connectivity index (χ3v) is 7.92. The van der Waals surface area contributed by atoms with Gasteiger partial charge in [0.05, 0.1) is 15.9 Å². The molecule has 4 aromatic rings. The van der Waals surface area contributed by atoms with Crippen LogP contribution in [-0.4, -0.2) is 48.4 Å². The molecule has 6 nitrogen and oxygen atoms in total. The number of piperazine rings is 1. The molecule has 1 aliphatic rings. The lowest BCUT2D eigenvalue weighted by atomic mass is 10.1. The van der Waals surface area contributed by atoms with Gasteiger partial charge >= 0.3 is 0 Å². The number of rotatable bonds is 4. The van der Waals surface area contributed by atoms with Gasteiger partial charge in [-0.05, 0) is 49.7 Å². The van der Waals surface area contributed by atoms with E-state index in [1.54, 1.807) is 22.5 Å². The van der Waals surface area contributed by atoms with E-state index in [0.717, 1.165) is 28.1 Å². The number of aromatic amines is 1. The van der Waals surface area contributed by atoms with Gasteiger partial charge in [-0.3, -0.25) is 0 Å². The molecule has 0 aliphatic carbocycles. The molecule has 164 valence electrons. The molecule has 1 saturated heterocycles. The molecule has 7 heteroatoms. The fraction of sp³-hybridized carbons (Fsp3) is 0.240.